The van der Waals surface area contributed by atoms with Crippen molar-refractivity contribution in [1.82, 2.24) is 0 Å². The summed E-state index contributed by atoms with van der Waals surface area (Å²) >= 11 is 0. The van der Waals surface area contributed by atoms with Crippen molar-refractivity contribution in [3.05, 3.63) is 30.3 Å². The second-order valence-electron chi connectivity index (χ2n) is 3.74. The van der Waals surface area contributed by atoms with E-state index < -0.39 is 0 Å². The lowest BCUT2D eigenvalue weighted by molar-refractivity contribution is 0.949. The van der Waals surface area contributed by atoms with Gasteiger partial charge in [-0.2, -0.15) is 0 Å². The summed E-state index contributed by atoms with van der Waals surface area (Å²) in [5.41, 5.74) is 1.38. The number of rotatable bonds is 1. The van der Waals surface area contributed by atoms with E-state index in [1.165, 1.54) is 38.0 Å². The van der Waals surface area contributed by atoms with E-state index in [1.54, 1.807) is 0 Å². The van der Waals surface area contributed by atoms with Gasteiger partial charge in [0.05, 0.1) is 0 Å². The SMILES string of the molecule is CCC.c1ccc(N2CCCC2)cc1. The molecule has 1 fully saturated rings. The van der Waals surface area contributed by atoms with E-state index in [1.807, 2.05) is 0 Å². The van der Waals surface area contributed by atoms with Crippen LogP contribution in [0.25, 0.3) is 0 Å². The van der Waals surface area contributed by atoms with E-state index in [-0.39, 0.29) is 0 Å². The quantitative estimate of drug-likeness (QED) is 0.654. The topological polar surface area (TPSA) is 3.24 Å². The predicted octanol–water partition coefficient (Wildman–Crippen LogP) is 3.70. The smallest absolute Gasteiger partial charge is 0.0366 e. The maximum atomic E-state index is 2.44. The molecule has 1 heterocycles. The van der Waals surface area contributed by atoms with E-state index in [0.717, 1.165) is 0 Å². The summed E-state index contributed by atoms with van der Waals surface area (Å²) in [6.07, 6.45) is 3.96. The van der Waals surface area contributed by atoms with Gasteiger partial charge in [0.15, 0.2) is 0 Å². The van der Waals surface area contributed by atoms with Crippen molar-refractivity contribution in [2.24, 2.45) is 0 Å². The summed E-state index contributed by atoms with van der Waals surface area (Å²) in [4.78, 5) is 2.44. The van der Waals surface area contributed by atoms with Gasteiger partial charge < -0.3 is 4.90 Å². The molecule has 1 heteroatoms. The zero-order valence-corrected chi connectivity index (χ0v) is 9.37. The number of hydrogen-bond donors (Lipinski definition) is 0. The Morgan fingerprint density at radius 3 is 2.00 bits per heavy atom. The largest absolute Gasteiger partial charge is 0.372 e. The Morgan fingerprint density at radius 2 is 1.50 bits per heavy atom. The molecule has 0 N–H and O–H groups in total. The summed E-state index contributed by atoms with van der Waals surface area (Å²) in [5.74, 6) is 0. The first-order valence-corrected chi connectivity index (χ1v) is 5.68. The molecule has 0 aliphatic carbocycles. The molecule has 0 unspecified atom stereocenters. The van der Waals surface area contributed by atoms with Crippen LogP contribution in [0.5, 0.6) is 0 Å². The van der Waals surface area contributed by atoms with Crippen molar-refractivity contribution in [2.75, 3.05) is 18.0 Å². The molecule has 1 aromatic rings. The minimum atomic E-state index is 1.24. The second kappa shape index (κ2) is 6.47. The van der Waals surface area contributed by atoms with E-state index >= 15 is 0 Å². The van der Waals surface area contributed by atoms with Crippen molar-refractivity contribution in [2.45, 2.75) is 33.1 Å². The third kappa shape index (κ3) is 3.41. The van der Waals surface area contributed by atoms with Crippen LogP contribution in [-0.4, -0.2) is 13.1 Å². The molecule has 0 aromatic heterocycles. The van der Waals surface area contributed by atoms with E-state index in [4.69, 9.17) is 0 Å². The Morgan fingerprint density at radius 1 is 1.00 bits per heavy atom. The van der Waals surface area contributed by atoms with Crippen molar-refractivity contribution >= 4 is 5.69 Å². The second-order valence-corrected chi connectivity index (χ2v) is 3.74. The van der Waals surface area contributed by atoms with E-state index in [9.17, 15) is 0 Å². The number of benzene rings is 1. The minimum Gasteiger partial charge on any atom is -0.372 e. The van der Waals surface area contributed by atoms with Gasteiger partial charge in [0.1, 0.15) is 0 Å². The minimum absolute atomic E-state index is 1.24. The number of anilines is 1. The Balaban J connectivity index is 0.000000293. The molecule has 1 aliphatic heterocycles. The van der Waals surface area contributed by atoms with Gasteiger partial charge in [0.2, 0.25) is 0 Å². The normalized spacial score (nSPS) is 14.9. The highest BCUT2D eigenvalue weighted by molar-refractivity contribution is 5.46. The molecule has 0 radical (unpaired) electrons. The maximum Gasteiger partial charge on any atom is 0.0366 e. The first-order valence-electron chi connectivity index (χ1n) is 5.68. The summed E-state index contributed by atoms with van der Waals surface area (Å²) in [6, 6.07) is 10.7. The molecule has 0 atom stereocenters. The summed E-state index contributed by atoms with van der Waals surface area (Å²) < 4.78 is 0. The summed E-state index contributed by atoms with van der Waals surface area (Å²) in [6.45, 7) is 6.73. The van der Waals surface area contributed by atoms with Gasteiger partial charge in [-0.05, 0) is 25.0 Å². The van der Waals surface area contributed by atoms with Crippen LogP contribution in [0.15, 0.2) is 30.3 Å². The van der Waals surface area contributed by atoms with Gasteiger partial charge in [0, 0.05) is 18.8 Å². The van der Waals surface area contributed by atoms with E-state index in [0.29, 0.717) is 0 Å². The molecule has 1 aromatic carbocycles. The lowest BCUT2D eigenvalue weighted by atomic mass is 10.3. The highest BCUT2D eigenvalue weighted by atomic mass is 15.1. The van der Waals surface area contributed by atoms with Gasteiger partial charge in [-0.15, -0.1) is 0 Å². The molecule has 0 spiro atoms. The van der Waals surface area contributed by atoms with Crippen LogP contribution in [0.4, 0.5) is 5.69 Å². The molecule has 1 aliphatic rings. The van der Waals surface area contributed by atoms with Gasteiger partial charge in [-0.3, -0.25) is 0 Å². The Kier molecular flexibility index (Phi) is 5.13. The fourth-order valence-electron chi connectivity index (χ4n) is 1.61. The molecule has 1 nitrogen and oxygen atoms in total. The van der Waals surface area contributed by atoms with Crippen molar-refractivity contribution in [3.8, 4) is 0 Å². The van der Waals surface area contributed by atoms with Gasteiger partial charge >= 0.3 is 0 Å². The van der Waals surface area contributed by atoms with Crippen molar-refractivity contribution in [3.63, 3.8) is 0 Å². The van der Waals surface area contributed by atoms with Crippen molar-refractivity contribution in [1.29, 1.82) is 0 Å². The highest BCUT2D eigenvalue weighted by Gasteiger charge is 2.10. The number of hydrogen-bond acceptors (Lipinski definition) is 1. The van der Waals surface area contributed by atoms with Crippen LogP contribution in [0.3, 0.4) is 0 Å². The van der Waals surface area contributed by atoms with Crippen LogP contribution in [0.1, 0.15) is 33.1 Å². The average molecular weight is 191 g/mol. The molecule has 0 saturated carbocycles. The fourth-order valence-corrected chi connectivity index (χ4v) is 1.61. The first-order chi connectivity index (χ1) is 6.88. The number of para-hydroxylation sites is 1. The average Bonchev–Trinajstić information content (AvgIpc) is 2.73. The lowest BCUT2D eigenvalue weighted by Gasteiger charge is -2.16. The van der Waals surface area contributed by atoms with Crippen LogP contribution < -0.4 is 4.90 Å². The zero-order chi connectivity index (χ0) is 10.2. The Labute approximate surface area is 87.7 Å². The van der Waals surface area contributed by atoms with E-state index in [2.05, 4.69) is 49.1 Å². The molecular weight excluding hydrogens is 170 g/mol. The standard InChI is InChI=1S/C10H13N.C3H8/c1-2-6-10(7-3-1)11-8-4-5-9-11;1-3-2/h1-3,6-7H,4-5,8-9H2;3H2,1-2H3. The zero-order valence-electron chi connectivity index (χ0n) is 9.37. The number of nitrogens with zero attached hydrogens (tertiary/aromatic N) is 1. The molecule has 78 valence electrons. The molecule has 14 heavy (non-hydrogen) atoms. The lowest BCUT2D eigenvalue weighted by Crippen LogP contribution is -2.16. The fraction of sp³-hybridized carbons (Fsp3) is 0.538. The van der Waals surface area contributed by atoms with Gasteiger partial charge in [-0.25, -0.2) is 0 Å². The third-order valence-electron chi connectivity index (χ3n) is 2.23. The van der Waals surface area contributed by atoms with Crippen LogP contribution >= 0.6 is 0 Å². The highest BCUT2D eigenvalue weighted by Crippen LogP contribution is 2.18. The van der Waals surface area contributed by atoms with Crippen LogP contribution in [0, 0.1) is 0 Å². The van der Waals surface area contributed by atoms with Crippen LogP contribution in [0.2, 0.25) is 0 Å². The first kappa shape index (κ1) is 11.1. The molecule has 2 rings (SSSR count). The van der Waals surface area contributed by atoms with Crippen LogP contribution in [-0.2, 0) is 0 Å². The molecule has 0 bridgehead atoms. The summed E-state index contributed by atoms with van der Waals surface area (Å²) in [5, 5.41) is 0. The molecule has 1 saturated heterocycles. The maximum absolute atomic E-state index is 2.44. The van der Waals surface area contributed by atoms with Gasteiger partial charge in [-0.1, -0.05) is 38.5 Å². The monoisotopic (exact) mass is 191 g/mol. The third-order valence-corrected chi connectivity index (χ3v) is 2.23. The Hall–Kier alpha value is -0.980. The van der Waals surface area contributed by atoms with Crippen molar-refractivity contribution < 1.29 is 0 Å². The Bertz CT molecular complexity index is 224. The van der Waals surface area contributed by atoms with Gasteiger partial charge in [0.25, 0.3) is 0 Å². The predicted molar refractivity (Wildman–Crippen MR) is 63.9 cm³/mol. The molecular formula is C13H21N. The molecule has 0 amide bonds. The summed E-state index contributed by atoms with van der Waals surface area (Å²) in [7, 11) is 0.